The van der Waals surface area contributed by atoms with Gasteiger partial charge in [-0.3, -0.25) is 4.98 Å². The highest BCUT2D eigenvalue weighted by atomic mass is 16.5. The third-order valence-corrected chi connectivity index (χ3v) is 3.32. The number of nitrogens with zero attached hydrogens (tertiary/aromatic N) is 3. The molecule has 0 atom stereocenters. The van der Waals surface area contributed by atoms with Gasteiger partial charge in [0.1, 0.15) is 6.61 Å². The molecule has 0 saturated carbocycles. The molecule has 0 aliphatic heterocycles. The largest absolute Gasteiger partial charge is 0.458 e. The number of benzene rings is 2. The zero-order valence-corrected chi connectivity index (χ0v) is 12.7. The Bertz CT molecular complexity index is 941. The second-order valence-electron chi connectivity index (χ2n) is 5.03. The summed E-state index contributed by atoms with van der Waals surface area (Å²) in [6.07, 6.45) is 4.50. The van der Waals surface area contributed by atoms with Crippen molar-refractivity contribution in [3.05, 3.63) is 77.6 Å². The number of para-hydroxylation sites is 2. The molecule has 0 amide bonds. The first kappa shape index (κ1) is 15.4. The molecule has 0 saturated heterocycles. The molecule has 0 unspecified atom stereocenters. The molecule has 0 spiro atoms. The van der Waals surface area contributed by atoms with E-state index in [2.05, 4.69) is 9.97 Å². The minimum atomic E-state index is -0.464. The fourth-order valence-corrected chi connectivity index (χ4v) is 2.08. The first-order valence-electron chi connectivity index (χ1n) is 7.30. The van der Waals surface area contributed by atoms with Crippen LogP contribution in [0, 0.1) is 11.3 Å². The van der Waals surface area contributed by atoms with E-state index in [0.29, 0.717) is 11.3 Å². The monoisotopic (exact) mass is 315 g/mol. The van der Waals surface area contributed by atoms with Crippen molar-refractivity contribution in [2.75, 3.05) is 0 Å². The van der Waals surface area contributed by atoms with Crippen molar-refractivity contribution in [2.45, 2.75) is 6.61 Å². The molecule has 3 aromatic rings. The first-order valence-corrected chi connectivity index (χ1v) is 7.30. The van der Waals surface area contributed by atoms with Crippen LogP contribution in [-0.4, -0.2) is 15.9 Å². The lowest BCUT2D eigenvalue weighted by atomic mass is 10.2. The molecule has 5 heteroatoms. The van der Waals surface area contributed by atoms with Crippen molar-refractivity contribution in [1.82, 2.24) is 9.97 Å². The Kier molecular flexibility index (Phi) is 4.59. The number of carbonyl (C=O) groups is 1. The van der Waals surface area contributed by atoms with Crippen molar-refractivity contribution in [3.8, 4) is 6.07 Å². The molecule has 0 N–H and O–H groups in total. The van der Waals surface area contributed by atoms with E-state index in [0.717, 1.165) is 16.6 Å². The third kappa shape index (κ3) is 3.81. The molecule has 2 aromatic carbocycles. The smallest absolute Gasteiger partial charge is 0.331 e. The highest BCUT2D eigenvalue weighted by molar-refractivity contribution is 5.87. The summed E-state index contributed by atoms with van der Waals surface area (Å²) < 4.78 is 5.15. The number of rotatable bonds is 4. The van der Waals surface area contributed by atoms with E-state index in [1.165, 1.54) is 6.08 Å². The molecule has 1 aromatic heterocycles. The second-order valence-corrected chi connectivity index (χ2v) is 5.03. The number of fused-ring (bicyclic) bond motifs is 1. The number of nitriles is 1. The standard InChI is InChI=1S/C19H13N3O2/c20-11-14-5-7-15(8-6-14)13-24-19(23)10-9-16-12-21-17-3-1-2-4-18(17)22-16/h1-10,12H,13H2/b10-9+. The van der Waals surface area contributed by atoms with Crippen molar-refractivity contribution in [3.63, 3.8) is 0 Å². The third-order valence-electron chi connectivity index (χ3n) is 3.32. The number of hydrogen-bond acceptors (Lipinski definition) is 5. The molecule has 0 radical (unpaired) electrons. The van der Waals surface area contributed by atoms with Gasteiger partial charge in [-0.25, -0.2) is 9.78 Å². The highest BCUT2D eigenvalue weighted by Gasteiger charge is 2.01. The molecule has 0 bridgehead atoms. The van der Waals surface area contributed by atoms with E-state index in [1.807, 2.05) is 30.3 Å². The van der Waals surface area contributed by atoms with Crippen LogP contribution in [0.3, 0.4) is 0 Å². The Hall–Kier alpha value is -3.52. The van der Waals surface area contributed by atoms with Crippen molar-refractivity contribution < 1.29 is 9.53 Å². The van der Waals surface area contributed by atoms with E-state index >= 15 is 0 Å². The summed E-state index contributed by atoms with van der Waals surface area (Å²) in [6, 6.07) is 16.4. The lowest BCUT2D eigenvalue weighted by molar-refractivity contribution is -0.138. The van der Waals surface area contributed by atoms with Crippen LogP contribution in [-0.2, 0) is 16.1 Å². The topological polar surface area (TPSA) is 75.9 Å². The maximum absolute atomic E-state index is 11.8. The normalized spacial score (nSPS) is 10.6. The quantitative estimate of drug-likeness (QED) is 0.545. The zero-order valence-electron chi connectivity index (χ0n) is 12.7. The van der Waals surface area contributed by atoms with Crippen LogP contribution in [0.1, 0.15) is 16.8 Å². The summed E-state index contributed by atoms with van der Waals surface area (Å²) in [5.74, 6) is -0.464. The van der Waals surface area contributed by atoms with Crippen LogP contribution in [0.15, 0.2) is 60.8 Å². The number of ether oxygens (including phenoxy) is 1. The van der Waals surface area contributed by atoms with Gasteiger partial charge in [0.15, 0.2) is 0 Å². The number of carbonyl (C=O) groups excluding carboxylic acids is 1. The van der Waals surface area contributed by atoms with Crippen LogP contribution in [0.2, 0.25) is 0 Å². The molecule has 24 heavy (non-hydrogen) atoms. The fourth-order valence-electron chi connectivity index (χ4n) is 2.08. The number of esters is 1. The van der Waals surface area contributed by atoms with Gasteiger partial charge in [0.05, 0.1) is 34.6 Å². The van der Waals surface area contributed by atoms with Crippen molar-refractivity contribution in [1.29, 1.82) is 5.26 Å². The number of aromatic nitrogens is 2. The van der Waals surface area contributed by atoms with Gasteiger partial charge in [0.25, 0.3) is 0 Å². The Morgan fingerprint density at radius 2 is 1.88 bits per heavy atom. The molecule has 0 aliphatic rings. The number of hydrogen-bond donors (Lipinski definition) is 0. The van der Waals surface area contributed by atoms with E-state index < -0.39 is 5.97 Å². The molecule has 0 fully saturated rings. The Labute approximate surface area is 138 Å². The van der Waals surface area contributed by atoms with Gasteiger partial charge in [0, 0.05) is 6.08 Å². The maximum Gasteiger partial charge on any atom is 0.331 e. The molecule has 3 rings (SSSR count). The first-order chi connectivity index (χ1) is 11.7. The SMILES string of the molecule is N#Cc1ccc(COC(=O)/C=C/c2cnc3ccccc3n2)cc1. The van der Waals surface area contributed by atoms with Crippen LogP contribution in [0.4, 0.5) is 0 Å². The van der Waals surface area contributed by atoms with Crippen LogP contribution in [0.25, 0.3) is 17.1 Å². The lowest BCUT2D eigenvalue weighted by Gasteiger charge is -2.02. The van der Waals surface area contributed by atoms with Crippen molar-refractivity contribution in [2.24, 2.45) is 0 Å². The van der Waals surface area contributed by atoms with Crippen LogP contribution >= 0.6 is 0 Å². The molecule has 5 nitrogen and oxygen atoms in total. The molecular formula is C19H13N3O2. The minimum Gasteiger partial charge on any atom is -0.458 e. The second kappa shape index (κ2) is 7.16. The minimum absolute atomic E-state index is 0.151. The summed E-state index contributed by atoms with van der Waals surface area (Å²) in [6.45, 7) is 0.151. The average molecular weight is 315 g/mol. The summed E-state index contributed by atoms with van der Waals surface area (Å²) in [4.78, 5) is 20.4. The van der Waals surface area contributed by atoms with E-state index in [9.17, 15) is 4.79 Å². The summed E-state index contributed by atoms with van der Waals surface area (Å²) >= 11 is 0. The summed E-state index contributed by atoms with van der Waals surface area (Å²) in [5.41, 5.74) is 3.55. The molecular weight excluding hydrogens is 302 g/mol. The average Bonchev–Trinajstić information content (AvgIpc) is 2.65. The van der Waals surface area contributed by atoms with E-state index in [-0.39, 0.29) is 6.61 Å². The predicted molar refractivity (Wildman–Crippen MR) is 89.5 cm³/mol. The summed E-state index contributed by atoms with van der Waals surface area (Å²) in [7, 11) is 0. The maximum atomic E-state index is 11.8. The van der Waals surface area contributed by atoms with Gasteiger partial charge in [-0.1, -0.05) is 24.3 Å². The van der Waals surface area contributed by atoms with Crippen LogP contribution < -0.4 is 0 Å². The molecule has 1 heterocycles. The van der Waals surface area contributed by atoms with Gasteiger partial charge in [-0.05, 0) is 35.9 Å². The van der Waals surface area contributed by atoms with E-state index in [1.54, 1.807) is 36.5 Å². The Balaban J connectivity index is 1.60. The molecule has 116 valence electrons. The van der Waals surface area contributed by atoms with Crippen molar-refractivity contribution >= 4 is 23.1 Å². The Morgan fingerprint density at radius 1 is 1.12 bits per heavy atom. The van der Waals surface area contributed by atoms with Gasteiger partial charge in [0.2, 0.25) is 0 Å². The van der Waals surface area contributed by atoms with Crippen LogP contribution in [0.5, 0.6) is 0 Å². The predicted octanol–water partition coefficient (Wildman–Crippen LogP) is 3.26. The van der Waals surface area contributed by atoms with Gasteiger partial charge in [-0.15, -0.1) is 0 Å². The van der Waals surface area contributed by atoms with Gasteiger partial charge < -0.3 is 4.74 Å². The Morgan fingerprint density at radius 3 is 2.62 bits per heavy atom. The lowest BCUT2D eigenvalue weighted by Crippen LogP contribution is -2.01. The molecule has 0 aliphatic carbocycles. The zero-order chi connectivity index (χ0) is 16.8. The van der Waals surface area contributed by atoms with E-state index in [4.69, 9.17) is 10.00 Å². The van der Waals surface area contributed by atoms with Gasteiger partial charge >= 0.3 is 5.97 Å². The van der Waals surface area contributed by atoms with Gasteiger partial charge in [-0.2, -0.15) is 5.26 Å². The summed E-state index contributed by atoms with van der Waals surface area (Å²) in [5, 5.41) is 8.74. The fraction of sp³-hybridized carbons (Fsp3) is 0.0526. The highest BCUT2D eigenvalue weighted by Crippen LogP contribution is 2.09.